The SMILES string of the molecule is CC(NC(=O)c1ccc(CN2C(=O)CCC2=O)cc1)c1cccc(Cl)c1. The molecule has 1 aliphatic heterocycles. The molecule has 26 heavy (non-hydrogen) atoms. The van der Waals surface area contributed by atoms with E-state index in [0.717, 1.165) is 11.1 Å². The maximum Gasteiger partial charge on any atom is 0.251 e. The van der Waals surface area contributed by atoms with Crippen molar-refractivity contribution >= 4 is 29.3 Å². The Balaban J connectivity index is 1.63. The summed E-state index contributed by atoms with van der Waals surface area (Å²) in [5, 5.41) is 3.55. The fourth-order valence-electron chi connectivity index (χ4n) is 2.88. The quantitative estimate of drug-likeness (QED) is 0.819. The number of imide groups is 1. The predicted octanol–water partition coefficient (Wildman–Crippen LogP) is 3.48. The van der Waals surface area contributed by atoms with Gasteiger partial charge in [-0.1, -0.05) is 35.9 Å². The maximum absolute atomic E-state index is 12.4. The van der Waals surface area contributed by atoms with Crippen LogP contribution in [0.4, 0.5) is 0 Å². The molecule has 134 valence electrons. The van der Waals surface area contributed by atoms with E-state index < -0.39 is 0 Å². The molecule has 5 nitrogen and oxygen atoms in total. The van der Waals surface area contributed by atoms with Crippen LogP contribution in [0.25, 0.3) is 0 Å². The van der Waals surface area contributed by atoms with Gasteiger partial charge < -0.3 is 5.32 Å². The Bertz CT molecular complexity index is 832. The molecule has 1 fully saturated rings. The lowest BCUT2D eigenvalue weighted by Gasteiger charge is -2.16. The van der Waals surface area contributed by atoms with Crippen LogP contribution >= 0.6 is 11.6 Å². The molecule has 0 radical (unpaired) electrons. The minimum atomic E-state index is -0.197. The molecule has 1 N–H and O–H groups in total. The minimum Gasteiger partial charge on any atom is -0.346 e. The molecule has 1 heterocycles. The first-order valence-corrected chi connectivity index (χ1v) is 8.80. The third kappa shape index (κ3) is 4.11. The Morgan fingerprint density at radius 1 is 1.12 bits per heavy atom. The lowest BCUT2D eigenvalue weighted by Crippen LogP contribution is -2.28. The molecule has 1 aliphatic rings. The summed E-state index contributed by atoms with van der Waals surface area (Å²) in [5.74, 6) is -0.489. The Kier molecular flexibility index (Phi) is 5.38. The van der Waals surface area contributed by atoms with Gasteiger partial charge in [0, 0.05) is 23.4 Å². The van der Waals surface area contributed by atoms with Crippen molar-refractivity contribution in [2.75, 3.05) is 0 Å². The van der Waals surface area contributed by atoms with Crippen molar-refractivity contribution in [3.63, 3.8) is 0 Å². The zero-order valence-electron chi connectivity index (χ0n) is 14.4. The average Bonchev–Trinajstić information content (AvgIpc) is 2.94. The molecule has 1 saturated heterocycles. The molecule has 0 bridgehead atoms. The number of likely N-dealkylation sites (tertiary alicyclic amines) is 1. The van der Waals surface area contributed by atoms with E-state index in [1.807, 2.05) is 25.1 Å². The van der Waals surface area contributed by atoms with Crippen LogP contribution < -0.4 is 5.32 Å². The van der Waals surface area contributed by atoms with E-state index in [4.69, 9.17) is 11.6 Å². The number of nitrogens with one attached hydrogen (secondary N) is 1. The van der Waals surface area contributed by atoms with E-state index in [1.165, 1.54) is 4.90 Å². The van der Waals surface area contributed by atoms with Crippen LogP contribution in [-0.4, -0.2) is 22.6 Å². The van der Waals surface area contributed by atoms with Gasteiger partial charge in [-0.2, -0.15) is 0 Å². The summed E-state index contributed by atoms with van der Waals surface area (Å²) < 4.78 is 0. The molecule has 2 aromatic carbocycles. The summed E-state index contributed by atoms with van der Waals surface area (Å²) >= 11 is 5.99. The topological polar surface area (TPSA) is 66.5 Å². The van der Waals surface area contributed by atoms with E-state index >= 15 is 0 Å². The van der Waals surface area contributed by atoms with Crippen molar-refractivity contribution in [2.24, 2.45) is 0 Å². The average molecular weight is 371 g/mol. The highest BCUT2D eigenvalue weighted by Crippen LogP contribution is 2.19. The summed E-state index contributed by atoms with van der Waals surface area (Å²) in [6.07, 6.45) is 0.557. The molecule has 0 aromatic heterocycles. The van der Waals surface area contributed by atoms with Crippen molar-refractivity contribution in [2.45, 2.75) is 32.4 Å². The van der Waals surface area contributed by atoms with Crippen molar-refractivity contribution in [3.8, 4) is 0 Å². The van der Waals surface area contributed by atoms with Gasteiger partial charge in [0.2, 0.25) is 11.8 Å². The highest BCUT2D eigenvalue weighted by atomic mass is 35.5. The second-order valence-corrected chi connectivity index (χ2v) is 6.76. The van der Waals surface area contributed by atoms with E-state index in [0.29, 0.717) is 10.6 Å². The van der Waals surface area contributed by atoms with Crippen molar-refractivity contribution in [3.05, 3.63) is 70.2 Å². The standard InChI is InChI=1S/C20H19ClN2O3/c1-13(16-3-2-4-17(21)11-16)22-20(26)15-7-5-14(6-8-15)12-23-18(24)9-10-19(23)25/h2-8,11,13H,9-10,12H2,1H3,(H,22,26). The molecule has 2 aromatic rings. The molecule has 0 spiro atoms. The van der Waals surface area contributed by atoms with Crippen LogP contribution in [0, 0.1) is 0 Å². The number of benzene rings is 2. The van der Waals surface area contributed by atoms with Crippen LogP contribution in [-0.2, 0) is 16.1 Å². The van der Waals surface area contributed by atoms with Crippen LogP contribution in [0.15, 0.2) is 48.5 Å². The zero-order chi connectivity index (χ0) is 18.7. The second-order valence-electron chi connectivity index (χ2n) is 6.32. The summed E-state index contributed by atoms with van der Waals surface area (Å²) in [7, 11) is 0. The molecular weight excluding hydrogens is 352 g/mol. The van der Waals surface area contributed by atoms with Crippen molar-refractivity contribution in [1.29, 1.82) is 0 Å². The molecule has 0 saturated carbocycles. The van der Waals surface area contributed by atoms with Crippen molar-refractivity contribution in [1.82, 2.24) is 10.2 Å². The third-order valence-corrected chi connectivity index (χ3v) is 4.64. The highest BCUT2D eigenvalue weighted by Gasteiger charge is 2.28. The molecule has 1 atom stereocenters. The first-order chi connectivity index (χ1) is 12.4. The summed E-state index contributed by atoms with van der Waals surface area (Å²) in [5.41, 5.74) is 2.25. The molecule has 6 heteroatoms. The third-order valence-electron chi connectivity index (χ3n) is 4.41. The van der Waals surface area contributed by atoms with Gasteiger partial charge in [-0.3, -0.25) is 19.3 Å². The van der Waals surface area contributed by atoms with Gasteiger partial charge in [0.15, 0.2) is 0 Å². The van der Waals surface area contributed by atoms with Gasteiger partial charge in [-0.05, 0) is 42.3 Å². The smallest absolute Gasteiger partial charge is 0.251 e. The van der Waals surface area contributed by atoms with E-state index in [9.17, 15) is 14.4 Å². The van der Waals surface area contributed by atoms with Gasteiger partial charge in [-0.15, -0.1) is 0 Å². The number of hydrogen-bond donors (Lipinski definition) is 1. The first kappa shape index (κ1) is 18.1. The fourth-order valence-corrected chi connectivity index (χ4v) is 3.08. The van der Waals surface area contributed by atoms with Crippen LogP contribution in [0.3, 0.4) is 0 Å². The van der Waals surface area contributed by atoms with Crippen LogP contribution in [0.5, 0.6) is 0 Å². The van der Waals surface area contributed by atoms with Gasteiger partial charge in [0.1, 0.15) is 0 Å². The Labute approximate surface area is 156 Å². The van der Waals surface area contributed by atoms with Gasteiger partial charge in [0.05, 0.1) is 12.6 Å². The molecular formula is C20H19ClN2O3. The number of amides is 3. The number of halogens is 1. The van der Waals surface area contributed by atoms with E-state index in [-0.39, 0.29) is 43.1 Å². The number of carbonyl (C=O) groups excluding carboxylic acids is 3. The normalized spacial score (nSPS) is 15.2. The number of carbonyl (C=O) groups is 3. The fraction of sp³-hybridized carbons (Fsp3) is 0.250. The molecule has 1 unspecified atom stereocenters. The predicted molar refractivity (Wildman–Crippen MR) is 98.6 cm³/mol. The van der Waals surface area contributed by atoms with Crippen LogP contribution in [0.2, 0.25) is 5.02 Å². The second kappa shape index (κ2) is 7.70. The summed E-state index contributed by atoms with van der Waals surface area (Å²) in [6, 6.07) is 14.1. The Morgan fingerprint density at radius 3 is 2.38 bits per heavy atom. The summed E-state index contributed by atoms with van der Waals surface area (Å²) in [6.45, 7) is 2.14. The molecule has 0 aliphatic carbocycles. The van der Waals surface area contributed by atoms with Gasteiger partial charge >= 0.3 is 0 Å². The van der Waals surface area contributed by atoms with E-state index in [1.54, 1.807) is 30.3 Å². The molecule has 3 rings (SSSR count). The lowest BCUT2D eigenvalue weighted by molar-refractivity contribution is -0.139. The van der Waals surface area contributed by atoms with Gasteiger partial charge in [0.25, 0.3) is 5.91 Å². The zero-order valence-corrected chi connectivity index (χ0v) is 15.1. The van der Waals surface area contributed by atoms with Crippen LogP contribution in [0.1, 0.15) is 47.3 Å². The first-order valence-electron chi connectivity index (χ1n) is 8.42. The maximum atomic E-state index is 12.4. The monoisotopic (exact) mass is 370 g/mol. The number of rotatable bonds is 5. The minimum absolute atomic E-state index is 0.146. The lowest BCUT2D eigenvalue weighted by atomic mass is 10.1. The summed E-state index contributed by atoms with van der Waals surface area (Å²) in [4.78, 5) is 37.0. The van der Waals surface area contributed by atoms with Gasteiger partial charge in [-0.25, -0.2) is 0 Å². The molecule has 3 amide bonds. The Morgan fingerprint density at radius 2 is 1.77 bits per heavy atom. The highest BCUT2D eigenvalue weighted by molar-refractivity contribution is 6.30. The Hall–Kier alpha value is -2.66. The van der Waals surface area contributed by atoms with Crippen molar-refractivity contribution < 1.29 is 14.4 Å². The largest absolute Gasteiger partial charge is 0.346 e. The van der Waals surface area contributed by atoms with E-state index in [2.05, 4.69) is 5.32 Å². The number of nitrogens with zero attached hydrogens (tertiary/aromatic N) is 1. The number of hydrogen-bond acceptors (Lipinski definition) is 3.